The molecule has 3 aromatic rings. The van der Waals surface area contributed by atoms with E-state index in [0.29, 0.717) is 35.9 Å². The van der Waals surface area contributed by atoms with Crippen LogP contribution in [0.15, 0.2) is 59.7 Å². The highest BCUT2D eigenvalue weighted by Gasteiger charge is 2.37. The number of carbonyl (C=O) groups is 14. The summed E-state index contributed by atoms with van der Waals surface area (Å²) in [7, 11) is 0. The summed E-state index contributed by atoms with van der Waals surface area (Å²) in [4.78, 5) is 192. The van der Waals surface area contributed by atoms with Gasteiger partial charge in [0.1, 0.15) is 60.1 Å². The Bertz CT molecular complexity index is 3160. The highest BCUT2D eigenvalue weighted by Crippen LogP contribution is 2.20. The van der Waals surface area contributed by atoms with Gasteiger partial charge in [0.2, 0.25) is 76.8 Å². The SMILES string of the molecule is NCCCC[C@H](N)C(=O)N[C@@H](CC(N)=O)C(=O)N[C@@H](Cc1c[nH]c2ccccc12)C(=O)N[C@@H](CS)C(=O)N[C@@H](CCC(N)=O)C(=O)N[C@@H](CCCN=C(N)N)C(=O)N[C@@H](Cc1ccc(O)cc1)C(=O)N[C@@H](CO)C(=O)N[C@@H](CC(N)=O)C(=O)N[C@@H](CCC(N)=O)C(=O)O. The van der Waals surface area contributed by atoms with Crippen molar-refractivity contribution in [3.8, 4) is 5.75 Å². The molecule has 0 bridgehead atoms. The number of aliphatic imine (C=N–C) groups is 1. The zero-order valence-electron chi connectivity index (χ0n) is 50.6. The quantitative estimate of drug-likeness (QED) is 0.0108. The van der Waals surface area contributed by atoms with Crippen molar-refractivity contribution in [2.24, 2.45) is 50.9 Å². The molecule has 0 fully saturated rings. The van der Waals surface area contributed by atoms with Crippen LogP contribution in [-0.2, 0) is 80.0 Å². The van der Waals surface area contributed by atoms with Gasteiger partial charge in [-0.1, -0.05) is 36.8 Å². The zero-order chi connectivity index (χ0) is 69.5. The molecule has 1 aromatic heterocycles. The number of rotatable bonds is 43. The van der Waals surface area contributed by atoms with Crippen molar-refractivity contribution in [2.75, 3.05) is 25.4 Å². The number of benzene rings is 2. The van der Waals surface area contributed by atoms with Crippen LogP contribution >= 0.6 is 12.6 Å². The third-order valence-electron chi connectivity index (χ3n) is 13.9. The molecule has 3 rings (SSSR count). The fourth-order valence-electron chi connectivity index (χ4n) is 8.98. The number of unbranched alkanes of at least 4 members (excludes halogenated alkanes) is 1. The van der Waals surface area contributed by atoms with Gasteiger partial charge in [-0.2, -0.15) is 12.6 Å². The van der Waals surface area contributed by atoms with E-state index in [2.05, 4.69) is 65.1 Å². The van der Waals surface area contributed by atoms with E-state index in [4.69, 9.17) is 45.9 Å². The van der Waals surface area contributed by atoms with E-state index in [0.717, 1.165) is 0 Å². The van der Waals surface area contributed by atoms with E-state index in [1.807, 2.05) is 5.32 Å². The number of amides is 13. The predicted molar refractivity (Wildman–Crippen MR) is 335 cm³/mol. The number of hydrogen-bond acceptors (Lipinski definition) is 20. The van der Waals surface area contributed by atoms with Crippen molar-refractivity contribution < 1.29 is 82.4 Å². The number of phenolic OH excluding ortho intramolecular Hbond substituents is 1. The van der Waals surface area contributed by atoms with Gasteiger partial charge in [-0.25, -0.2) is 4.79 Å². The number of aromatic amines is 1. The van der Waals surface area contributed by atoms with Crippen LogP contribution in [0.2, 0.25) is 0 Å². The van der Waals surface area contributed by atoms with Crippen LogP contribution in [0.4, 0.5) is 0 Å². The first kappa shape index (κ1) is 77.1. The molecule has 0 unspecified atom stereocenters. The second-order valence-electron chi connectivity index (χ2n) is 21.4. The molecule has 37 heteroatoms. The Morgan fingerprint density at radius 2 is 0.935 bits per heavy atom. The van der Waals surface area contributed by atoms with Gasteiger partial charge in [-0.3, -0.25) is 67.3 Å². The molecule has 0 aliphatic rings. The smallest absolute Gasteiger partial charge is 0.326 e. The number of primary amides is 4. The average Bonchev–Trinajstić information content (AvgIpc) is 1.76. The summed E-state index contributed by atoms with van der Waals surface area (Å²) in [5.41, 5.74) is 45.4. The molecule has 0 saturated carbocycles. The number of aromatic hydroxyl groups is 1. The zero-order valence-corrected chi connectivity index (χ0v) is 51.5. The average molecular weight is 1330 g/mol. The van der Waals surface area contributed by atoms with Gasteiger partial charge in [-0.05, 0) is 74.4 Å². The summed E-state index contributed by atoms with van der Waals surface area (Å²) in [6, 6.07) is -4.66. The molecule has 510 valence electrons. The maximum atomic E-state index is 14.5. The van der Waals surface area contributed by atoms with E-state index in [-0.39, 0.29) is 49.5 Å². The fraction of sp³-hybridized carbons (Fsp3) is 0.482. The second kappa shape index (κ2) is 39.2. The molecule has 0 radical (unpaired) electrons. The summed E-state index contributed by atoms with van der Waals surface area (Å²) in [6.45, 7) is -1.01. The molecule has 93 heavy (non-hydrogen) atoms. The number of aliphatic hydroxyl groups excluding tert-OH is 1. The number of H-pyrrole nitrogens is 1. The van der Waals surface area contributed by atoms with Crippen LogP contribution in [0.3, 0.4) is 0 Å². The van der Waals surface area contributed by atoms with Crippen molar-refractivity contribution in [3.63, 3.8) is 0 Å². The number of aliphatic carboxylic acids is 1. The van der Waals surface area contributed by atoms with Gasteiger partial charge < -0.3 is 114 Å². The number of nitrogens with one attached hydrogen (secondary N) is 10. The van der Waals surface area contributed by atoms with Gasteiger partial charge in [0.05, 0.1) is 25.5 Å². The molecule has 1 heterocycles. The largest absolute Gasteiger partial charge is 0.508 e. The van der Waals surface area contributed by atoms with E-state index >= 15 is 0 Å². The number of para-hydroxylation sites is 1. The van der Waals surface area contributed by atoms with Crippen LogP contribution in [-0.4, -0.2) is 195 Å². The first-order valence-electron chi connectivity index (χ1n) is 29.1. The molecular weight excluding hydrogens is 1240 g/mol. The number of thiol groups is 1. The molecule has 0 spiro atoms. The van der Waals surface area contributed by atoms with Gasteiger partial charge in [0, 0.05) is 55.1 Å². The Balaban J connectivity index is 1.99. The number of phenols is 1. The summed E-state index contributed by atoms with van der Waals surface area (Å²) in [5, 5.41) is 51.8. The lowest BCUT2D eigenvalue weighted by Gasteiger charge is -2.28. The normalized spacial score (nSPS) is 14.2. The minimum absolute atomic E-state index is 0.0585. The fourth-order valence-corrected chi connectivity index (χ4v) is 9.24. The number of carboxylic acids is 1. The predicted octanol–water partition coefficient (Wildman–Crippen LogP) is -8.18. The number of nitrogens with two attached hydrogens (primary N) is 8. The number of carbonyl (C=O) groups excluding carboxylic acids is 13. The van der Waals surface area contributed by atoms with Gasteiger partial charge in [0.25, 0.3) is 0 Å². The molecule has 0 aliphatic heterocycles. The molecule has 0 saturated heterocycles. The number of guanidine groups is 1. The Morgan fingerprint density at radius 1 is 0.495 bits per heavy atom. The van der Waals surface area contributed by atoms with Gasteiger partial charge >= 0.3 is 5.97 Å². The lowest BCUT2D eigenvalue weighted by Crippen LogP contribution is -2.61. The molecule has 13 amide bonds. The summed E-state index contributed by atoms with van der Waals surface area (Å²) in [6.07, 6.45) is -2.03. The first-order chi connectivity index (χ1) is 44.0. The third-order valence-corrected chi connectivity index (χ3v) is 14.3. The Hall–Kier alpha value is -10.1. The Labute approximate surface area is 537 Å². The van der Waals surface area contributed by atoms with E-state index < -0.39 is 200 Å². The molecule has 29 N–H and O–H groups in total. The molecule has 2 aromatic carbocycles. The standard InChI is InChI=1S/C56H83N19O17S/c57-18-4-3-7-31(58)46(82)70-38(22-44(61)80)52(88)72-37(21-28-24-66-32-8-2-1-6-30(28)32)50(86)75-41(26-93)54(90)68-34(14-16-42(59)78)48(84)67-33(9-5-19-65-56(63)64)47(83)71-36(20-27-10-12-29(77)13-11-27)49(85)74-40(25-76)53(89)73-39(23-45(62)81)51(87)69-35(55(91)92)15-17-43(60)79/h1-2,6,8,10-13,24,31,33-41,66,76-77,93H,3-5,7,9,14-23,25-26,57-58H2,(H2,59,78)(H2,60,79)(H2,61,80)(H2,62,81)(H,67,84)(H,68,90)(H,69,87)(H,70,82)(H,71,83)(H,72,88)(H,73,89)(H,74,85)(H,75,86)(H,91,92)(H4,63,64,65)/t31-,33-,34-,35-,36-,37-,38-,39-,40-,41-/m0/s1. The van der Waals surface area contributed by atoms with Crippen LogP contribution in [0, 0.1) is 0 Å². The van der Waals surface area contributed by atoms with Crippen molar-refractivity contribution in [1.29, 1.82) is 0 Å². The van der Waals surface area contributed by atoms with Gasteiger partial charge in [0.15, 0.2) is 5.96 Å². The Morgan fingerprint density at radius 3 is 1.45 bits per heavy atom. The monoisotopic (exact) mass is 1330 g/mol. The number of carboxylic acid groups (broad SMARTS) is 1. The maximum Gasteiger partial charge on any atom is 0.326 e. The summed E-state index contributed by atoms with van der Waals surface area (Å²) >= 11 is 4.27. The second-order valence-corrected chi connectivity index (χ2v) is 21.7. The summed E-state index contributed by atoms with van der Waals surface area (Å²) in [5.74, 6) is -16.7. The van der Waals surface area contributed by atoms with Crippen LogP contribution in [0.1, 0.15) is 81.8 Å². The van der Waals surface area contributed by atoms with Crippen LogP contribution in [0.25, 0.3) is 10.9 Å². The maximum absolute atomic E-state index is 14.5. The lowest BCUT2D eigenvalue weighted by molar-refractivity contribution is -0.143. The van der Waals surface area contributed by atoms with E-state index in [1.54, 1.807) is 30.5 Å². The van der Waals surface area contributed by atoms with Crippen LogP contribution in [0.5, 0.6) is 5.75 Å². The number of aliphatic hydroxyl groups is 1. The highest BCUT2D eigenvalue weighted by molar-refractivity contribution is 7.80. The first-order valence-corrected chi connectivity index (χ1v) is 29.7. The van der Waals surface area contributed by atoms with Gasteiger partial charge in [-0.15, -0.1) is 0 Å². The minimum atomic E-state index is -1.98. The summed E-state index contributed by atoms with van der Waals surface area (Å²) < 4.78 is 0. The number of fused-ring (bicyclic) bond motifs is 1. The highest BCUT2D eigenvalue weighted by atomic mass is 32.1. The van der Waals surface area contributed by atoms with E-state index in [9.17, 15) is 82.4 Å². The molecule has 0 aliphatic carbocycles. The lowest BCUT2D eigenvalue weighted by atomic mass is 10.0. The van der Waals surface area contributed by atoms with Crippen molar-refractivity contribution >= 4 is 112 Å². The number of hydrogen-bond donors (Lipinski definition) is 22. The van der Waals surface area contributed by atoms with Crippen molar-refractivity contribution in [3.05, 3.63) is 65.9 Å². The molecular formula is C56H83N19O17S. The van der Waals surface area contributed by atoms with Crippen molar-refractivity contribution in [2.45, 2.75) is 144 Å². The Kier molecular flexibility index (Phi) is 32.5. The third kappa shape index (κ3) is 27.5. The molecule has 36 nitrogen and oxygen atoms in total. The topological polar surface area (TPSA) is 644 Å². The van der Waals surface area contributed by atoms with E-state index in [1.165, 1.54) is 24.3 Å². The number of aromatic nitrogens is 1. The minimum Gasteiger partial charge on any atom is -0.508 e. The van der Waals surface area contributed by atoms with Crippen LogP contribution < -0.4 is 93.7 Å². The number of nitrogens with zero attached hydrogens (tertiary/aromatic N) is 1. The molecule has 10 atom stereocenters. The van der Waals surface area contributed by atoms with Crippen molar-refractivity contribution in [1.82, 2.24) is 52.8 Å².